The van der Waals surface area contributed by atoms with E-state index in [0.29, 0.717) is 13.0 Å². The summed E-state index contributed by atoms with van der Waals surface area (Å²) < 4.78 is 6.71. The van der Waals surface area contributed by atoms with Crippen molar-refractivity contribution in [3.63, 3.8) is 0 Å². The molecule has 1 aromatic carbocycles. The number of methoxy groups -OCH3 is 1. The molecular formula is C12H12N4O. The fourth-order valence-corrected chi connectivity index (χ4v) is 1.49. The zero-order valence-electron chi connectivity index (χ0n) is 9.50. The molecule has 0 fully saturated rings. The first-order valence-corrected chi connectivity index (χ1v) is 5.15. The van der Waals surface area contributed by atoms with Crippen LogP contribution in [0.25, 0.3) is 0 Å². The van der Waals surface area contributed by atoms with Crippen molar-refractivity contribution < 1.29 is 4.74 Å². The van der Waals surface area contributed by atoms with E-state index < -0.39 is 0 Å². The molecule has 1 heterocycles. The van der Waals surface area contributed by atoms with Gasteiger partial charge in [0.25, 0.3) is 0 Å². The van der Waals surface area contributed by atoms with Gasteiger partial charge in [-0.05, 0) is 28.1 Å². The van der Waals surface area contributed by atoms with Gasteiger partial charge in [-0.3, -0.25) is 0 Å². The molecule has 0 atom stereocenters. The van der Waals surface area contributed by atoms with E-state index in [0.717, 1.165) is 17.1 Å². The highest BCUT2D eigenvalue weighted by Gasteiger charge is 2.05. The summed E-state index contributed by atoms with van der Waals surface area (Å²) in [6, 6.07) is 7.77. The van der Waals surface area contributed by atoms with E-state index in [1.807, 2.05) is 24.3 Å². The molecule has 0 amide bonds. The largest absolute Gasteiger partial charge is 0.497 e. The van der Waals surface area contributed by atoms with Crippen LogP contribution in [-0.2, 0) is 13.0 Å². The SMILES string of the molecule is C#CCn1nnnc1Cc1ccc(OC)cc1. The summed E-state index contributed by atoms with van der Waals surface area (Å²) in [5, 5.41) is 11.4. The number of benzene rings is 1. The van der Waals surface area contributed by atoms with Crippen molar-refractivity contribution in [3.05, 3.63) is 35.7 Å². The average molecular weight is 228 g/mol. The molecule has 0 radical (unpaired) electrons. The third-order valence-corrected chi connectivity index (χ3v) is 2.37. The summed E-state index contributed by atoms with van der Waals surface area (Å²) in [5.41, 5.74) is 1.11. The second-order valence-electron chi connectivity index (χ2n) is 3.48. The lowest BCUT2D eigenvalue weighted by Crippen LogP contribution is -2.05. The van der Waals surface area contributed by atoms with Crippen molar-refractivity contribution >= 4 is 0 Å². The molecule has 0 N–H and O–H groups in total. The van der Waals surface area contributed by atoms with Crippen LogP contribution in [0.5, 0.6) is 5.75 Å². The first kappa shape index (κ1) is 11.1. The van der Waals surface area contributed by atoms with Gasteiger partial charge >= 0.3 is 0 Å². The second kappa shape index (κ2) is 5.12. The van der Waals surface area contributed by atoms with Crippen molar-refractivity contribution in [1.29, 1.82) is 0 Å². The Kier molecular flexibility index (Phi) is 3.36. The molecular weight excluding hydrogens is 216 g/mol. The standard InChI is InChI=1S/C12H12N4O/c1-3-8-16-12(13-14-15-16)9-10-4-6-11(17-2)7-5-10/h1,4-7H,8-9H2,2H3. The van der Waals surface area contributed by atoms with Gasteiger partial charge in [-0.1, -0.05) is 18.1 Å². The van der Waals surface area contributed by atoms with Crippen LogP contribution in [0.3, 0.4) is 0 Å². The number of hydrogen-bond donors (Lipinski definition) is 0. The van der Waals surface area contributed by atoms with Gasteiger partial charge < -0.3 is 4.74 Å². The zero-order chi connectivity index (χ0) is 12.1. The number of aromatic nitrogens is 4. The van der Waals surface area contributed by atoms with Gasteiger partial charge in [0.15, 0.2) is 5.82 Å². The summed E-state index contributed by atoms with van der Waals surface area (Å²) in [4.78, 5) is 0. The molecule has 0 aliphatic carbocycles. The number of ether oxygens (including phenoxy) is 1. The van der Waals surface area contributed by atoms with Crippen molar-refractivity contribution in [3.8, 4) is 18.1 Å². The minimum Gasteiger partial charge on any atom is -0.497 e. The van der Waals surface area contributed by atoms with Gasteiger partial charge in [-0.25, -0.2) is 4.68 Å². The third kappa shape index (κ3) is 2.61. The molecule has 0 aliphatic rings. The van der Waals surface area contributed by atoms with Gasteiger partial charge in [0.1, 0.15) is 12.3 Å². The zero-order valence-corrected chi connectivity index (χ0v) is 9.50. The number of nitrogens with zero attached hydrogens (tertiary/aromatic N) is 4. The molecule has 86 valence electrons. The van der Waals surface area contributed by atoms with Crippen LogP contribution in [0.2, 0.25) is 0 Å². The maximum Gasteiger partial charge on any atom is 0.156 e. The monoisotopic (exact) mass is 228 g/mol. The molecule has 0 bridgehead atoms. The van der Waals surface area contributed by atoms with Crippen LogP contribution in [0.4, 0.5) is 0 Å². The Morgan fingerprint density at radius 1 is 1.35 bits per heavy atom. The molecule has 1 aromatic heterocycles. The maximum atomic E-state index is 5.24. The molecule has 2 rings (SSSR count). The van der Waals surface area contributed by atoms with E-state index >= 15 is 0 Å². The molecule has 17 heavy (non-hydrogen) atoms. The number of hydrogen-bond acceptors (Lipinski definition) is 4. The molecule has 5 heteroatoms. The summed E-state index contributed by atoms with van der Waals surface area (Å²) in [6.07, 6.45) is 5.89. The Bertz CT molecular complexity index is 524. The molecule has 2 aromatic rings. The predicted octanol–water partition coefficient (Wildman–Crippen LogP) is 0.906. The average Bonchev–Trinajstić information content (AvgIpc) is 2.78. The summed E-state index contributed by atoms with van der Waals surface area (Å²) in [7, 11) is 1.64. The topological polar surface area (TPSA) is 52.8 Å². The normalized spacial score (nSPS) is 9.88. The second-order valence-corrected chi connectivity index (χ2v) is 3.48. The molecule has 0 saturated carbocycles. The van der Waals surface area contributed by atoms with Crippen molar-refractivity contribution in [2.45, 2.75) is 13.0 Å². The lowest BCUT2D eigenvalue weighted by Gasteiger charge is -2.03. The van der Waals surface area contributed by atoms with E-state index in [-0.39, 0.29) is 0 Å². The summed E-state index contributed by atoms with van der Waals surface area (Å²) >= 11 is 0. The minimum absolute atomic E-state index is 0.387. The highest BCUT2D eigenvalue weighted by Crippen LogP contribution is 2.13. The first-order valence-electron chi connectivity index (χ1n) is 5.15. The Morgan fingerprint density at radius 2 is 2.12 bits per heavy atom. The van der Waals surface area contributed by atoms with E-state index in [1.54, 1.807) is 11.8 Å². The van der Waals surface area contributed by atoms with Gasteiger partial charge in [-0.15, -0.1) is 11.5 Å². The Labute approximate surface area is 99.4 Å². The van der Waals surface area contributed by atoms with Crippen LogP contribution >= 0.6 is 0 Å². The van der Waals surface area contributed by atoms with E-state index in [9.17, 15) is 0 Å². The number of terminal acetylenes is 1. The van der Waals surface area contributed by atoms with Crippen molar-refractivity contribution in [1.82, 2.24) is 20.2 Å². The number of rotatable bonds is 4. The fraction of sp³-hybridized carbons (Fsp3) is 0.250. The smallest absolute Gasteiger partial charge is 0.156 e. The van der Waals surface area contributed by atoms with E-state index in [1.165, 1.54) is 0 Å². The van der Waals surface area contributed by atoms with Crippen LogP contribution < -0.4 is 4.74 Å². The van der Waals surface area contributed by atoms with Crippen molar-refractivity contribution in [2.24, 2.45) is 0 Å². The highest BCUT2D eigenvalue weighted by atomic mass is 16.5. The maximum absolute atomic E-state index is 5.24. The van der Waals surface area contributed by atoms with Crippen LogP contribution in [0.1, 0.15) is 11.4 Å². The lowest BCUT2D eigenvalue weighted by atomic mass is 10.1. The Hall–Kier alpha value is -2.35. The van der Waals surface area contributed by atoms with Gasteiger partial charge in [0.2, 0.25) is 0 Å². The molecule has 0 aliphatic heterocycles. The van der Waals surface area contributed by atoms with Gasteiger partial charge in [0, 0.05) is 6.42 Å². The Morgan fingerprint density at radius 3 is 2.76 bits per heavy atom. The van der Waals surface area contributed by atoms with E-state index in [2.05, 4.69) is 21.4 Å². The lowest BCUT2D eigenvalue weighted by molar-refractivity contribution is 0.414. The molecule has 5 nitrogen and oxygen atoms in total. The summed E-state index contributed by atoms with van der Waals surface area (Å²) in [5.74, 6) is 4.10. The molecule has 0 spiro atoms. The van der Waals surface area contributed by atoms with Crippen LogP contribution in [0, 0.1) is 12.3 Å². The van der Waals surface area contributed by atoms with Crippen LogP contribution in [0.15, 0.2) is 24.3 Å². The Balaban J connectivity index is 2.14. The highest BCUT2D eigenvalue weighted by molar-refractivity contribution is 5.28. The first-order chi connectivity index (χ1) is 8.33. The molecule has 0 saturated heterocycles. The quantitative estimate of drug-likeness (QED) is 0.730. The van der Waals surface area contributed by atoms with Crippen molar-refractivity contribution in [2.75, 3.05) is 7.11 Å². The minimum atomic E-state index is 0.387. The van der Waals surface area contributed by atoms with Gasteiger partial charge in [-0.2, -0.15) is 0 Å². The predicted molar refractivity (Wildman–Crippen MR) is 62.5 cm³/mol. The van der Waals surface area contributed by atoms with E-state index in [4.69, 9.17) is 11.2 Å². The van der Waals surface area contributed by atoms with Crippen LogP contribution in [-0.4, -0.2) is 27.3 Å². The third-order valence-electron chi connectivity index (χ3n) is 2.37. The summed E-state index contributed by atoms with van der Waals surface area (Å²) in [6.45, 7) is 0.387. The number of tetrazole rings is 1. The molecule has 0 unspecified atom stereocenters. The van der Waals surface area contributed by atoms with Gasteiger partial charge in [0.05, 0.1) is 7.11 Å². The fourth-order valence-electron chi connectivity index (χ4n) is 1.49.